The molecule has 0 radical (unpaired) electrons. The van der Waals surface area contributed by atoms with Crippen molar-refractivity contribution in [2.24, 2.45) is 0 Å². The Morgan fingerprint density at radius 2 is 1.48 bits per heavy atom. The Hall–Kier alpha value is -3.47. The van der Waals surface area contributed by atoms with E-state index in [1.807, 2.05) is 81.4 Å². The third-order valence-electron chi connectivity index (χ3n) is 4.84. The molecule has 5 heteroatoms. The zero-order valence-corrected chi connectivity index (χ0v) is 19.8. The SMILES string of the molecule is COc1cc(C(=O)OC(C)(C)C)cc(OCc2ccccc2)c1CCCOc1ccccc1. The molecule has 0 fully saturated rings. The second-order valence-corrected chi connectivity index (χ2v) is 8.70. The van der Waals surface area contributed by atoms with Gasteiger partial charge in [-0.3, -0.25) is 0 Å². The first-order valence-corrected chi connectivity index (χ1v) is 11.1. The maximum Gasteiger partial charge on any atom is 0.338 e. The molecule has 0 bridgehead atoms. The topological polar surface area (TPSA) is 54.0 Å². The van der Waals surface area contributed by atoms with Crippen molar-refractivity contribution in [1.82, 2.24) is 0 Å². The van der Waals surface area contributed by atoms with Crippen LogP contribution in [0, 0.1) is 0 Å². The van der Waals surface area contributed by atoms with E-state index in [9.17, 15) is 4.79 Å². The van der Waals surface area contributed by atoms with Gasteiger partial charge >= 0.3 is 5.97 Å². The average molecular weight is 449 g/mol. The van der Waals surface area contributed by atoms with E-state index in [0.717, 1.165) is 23.3 Å². The van der Waals surface area contributed by atoms with Crippen LogP contribution >= 0.6 is 0 Å². The van der Waals surface area contributed by atoms with Crippen LogP contribution in [0.1, 0.15) is 48.7 Å². The highest BCUT2D eigenvalue weighted by atomic mass is 16.6. The molecule has 3 aromatic rings. The Morgan fingerprint density at radius 3 is 2.12 bits per heavy atom. The summed E-state index contributed by atoms with van der Waals surface area (Å²) in [5.74, 6) is 1.63. The molecular formula is C28H32O5. The molecule has 0 heterocycles. The van der Waals surface area contributed by atoms with E-state index < -0.39 is 11.6 Å². The van der Waals surface area contributed by atoms with Crippen LogP contribution in [0.3, 0.4) is 0 Å². The van der Waals surface area contributed by atoms with E-state index in [1.54, 1.807) is 19.2 Å². The number of carbonyl (C=O) groups excluding carboxylic acids is 1. The number of benzene rings is 3. The van der Waals surface area contributed by atoms with E-state index in [-0.39, 0.29) is 0 Å². The van der Waals surface area contributed by atoms with Crippen molar-refractivity contribution in [1.29, 1.82) is 0 Å². The molecule has 5 nitrogen and oxygen atoms in total. The van der Waals surface area contributed by atoms with Gasteiger partial charge in [-0.2, -0.15) is 0 Å². The van der Waals surface area contributed by atoms with Crippen LogP contribution in [0.25, 0.3) is 0 Å². The second-order valence-electron chi connectivity index (χ2n) is 8.70. The zero-order chi connectivity index (χ0) is 23.7. The summed E-state index contributed by atoms with van der Waals surface area (Å²) in [5.41, 5.74) is 1.74. The lowest BCUT2D eigenvalue weighted by atomic mass is 10.0. The van der Waals surface area contributed by atoms with Crippen LogP contribution in [0.5, 0.6) is 17.2 Å². The van der Waals surface area contributed by atoms with Crippen LogP contribution in [0.4, 0.5) is 0 Å². The highest BCUT2D eigenvalue weighted by Crippen LogP contribution is 2.33. The van der Waals surface area contributed by atoms with Crippen molar-refractivity contribution in [3.63, 3.8) is 0 Å². The largest absolute Gasteiger partial charge is 0.496 e. The molecule has 0 spiro atoms. The van der Waals surface area contributed by atoms with Crippen molar-refractivity contribution < 1.29 is 23.7 Å². The number of methoxy groups -OCH3 is 1. The molecule has 3 rings (SSSR count). The molecule has 0 aromatic heterocycles. The minimum absolute atomic E-state index is 0.384. The molecule has 0 aliphatic heterocycles. The zero-order valence-electron chi connectivity index (χ0n) is 19.8. The lowest BCUT2D eigenvalue weighted by Crippen LogP contribution is -2.24. The van der Waals surface area contributed by atoms with Gasteiger partial charge in [0.15, 0.2) is 0 Å². The minimum Gasteiger partial charge on any atom is -0.496 e. The van der Waals surface area contributed by atoms with Crippen molar-refractivity contribution in [2.75, 3.05) is 13.7 Å². The van der Waals surface area contributed by atoms with E-state index in [4.69, 9.17) is 18.9 Å². The first-order chi connectivity index (χ1) is 15.9. The third-order valence-corrected chi connectivity index (χ3v) is 4.84. The van der Waals surface area contributed by atoms with Gasteiger partial charge in [0.05, 0.1) is 19.3 Å². The van der Waals surface area contributed by atoms with Crippen LogP contribution in [0.15, 0.2) is 72.8 Å². The first kappa shape index (κ1) is 24.2. The quantitative estimate of drug-likeness (QED) is 0.271. The van der Waals surface area contributed by atoms with Crippen molar-refractivity contribution >= 4 is 5.97 Å². The van der Waals surface area contributed by atoms with Crippen molar-refractivity contribution in [3.05, 3.63) is 89.5 Å². The van der Waals surface area contributed by atoms with Crippen LogP contribution in [0.2, 0.25) is 0 Å². The fraction of sp³-hybridized carbons (Fsp3) is 0.321. The van der Waals surface area contributed by atoms with Crippen LogP contribution < -0.4 is 14.2 Å². The maximum atomic E-state index is 12.7. The van der Waals surface area contributed by atoms with Crippen LogP contribution in [-0.2, 0) is 17.8 Å². The van der Waals surface area contributed by atoms with Crippen molar-refractivity contribution in [3.8, 4) is 17.2 Å². The molecule has 174 valence electrons. The lowest BCUT2D eigenvalue weighted by Gasteiger charge is -2.21. The third kappa shape index (κ3) is 7.56. The van der Waals surface area contributed by atoms with Gasteiger partial charge in [-0.1, -0.05) is 48.5 Å². The lowest BCUT2D eigenvalue weighted by molar-refractivity contribution is 0.00686. The summed E-state index contributed by atoms with van der Waals surface area (Å²) in [4.78, 5) is 12.7. The summed E-state index contributed by atoms with van der Waals surface area (Å²) >= 11 is 0. The van der Waals surface area contributed by atoms with Gasteiger partial charge in [-0.05, 0) is 63.4 Å². The summed E-state index contributed by atoms with van der Waals surface area (Å²) in [7, 11) is 1.60. The van der Waals surface area contributed by atoms with Gasteiger partial charge in [0.2, 0.25) is 0 Å². The molecule has 0 unspecified atom stereocenters. The summed E-state index contributed by atoms with van der Waals surface area (Å²) in [6.07, 6.45) is 1.44. The Balaban J connectivity index is 1.80. The molecular weight excluding hydrogens is 416 g/mol. The fourth-order valence-electron chi connectivity index (χ4n) is 3.32. The van der Waals surface area contributed by atoms with E-state index in [1.165, 1.54) is 0 Å². The minimum atomic E-state index is -0.594. The highest BCUT2D eigenvalue weighted by molar-refractivity contribution is 5.91. The van der Waals surface area contributed by atoms with Gasteiger partial charge < -0.3 is 18.9 Å². The van der Waals surface area contributed by atoms with Gasteiger partial charge in [-0.25, -0.2) is 4.79 Å². The predicted molar refractivity (Wildman–Crippen MR) is 129 cm³/mol. The Bertz CT molecular complexity index is 1020. The number of ether oxygens (including phenoxy) is 4. The number of hydrogen-bond acceptors (Lipinski definition) is 5. The fourth-order valence-corrected chi connectivity index (χ4v) is 3.32. The molecule has 0 saturated heterocycles. The summed E-state index contributed by atoms with van der Waals surface area (Å²) in [5, 5.41) is 0. The van der Waals surface area contributed by atoms with Crippen molar-refractivity contribution in [2.45, 2.75) is 45.8 Å². The normalized spacial score (nSPS) is 11.0. The van der Waals surface area contributed by atoms with Gasteiger partial charge in [0.1, 0.15) is 29.5 Å². The molecule has 0 saturated carbocycles. The number of hydrogen-bond donors (Lipinski definition) is 0. The monoisotopic (exact) mass is 448 g/mol. The predicted octanol–water partition coefficient (Wildman–Crippen LogP) is 6.24. The molecule has 33 heavy (non-hydrogen) atoms. The Labute approximate surface area is 196 Å². The summed E-state index contributed by atoms with van der Waals surface area (Å²) < 4.78 is 23.2. The molecule has 0 N–H and O–H groups in total. The van der Waals surface area contributed by atoms with E-state index in [2.05, 4.69) is 0 Å². The molecule has 0 aliphatic carbocycles. The Kier molecular flexibility index (Phi) is 8.36. The highest BCUT2D eigenvalue weighted by Gasteiger charge is 2.22. The molecule has 0 atom stereocenters. The Morgan fingerprint density at radius 1 is 0.848 bits per heavy atom. The first-order valence-electron chi connectivity index (χ1n) is 11.1. The standard InChI is InChI=1S/C28H32O5/c1-28(2,3)33-27(29)22-18-25(30-4)24(16-11-17-31-23-14-9-6-10-15-23)26(19-22)32-20-21-12-7-5-8-13-21/h5-10,12-15,18-19H,11,16-17,20H2,1-4H3. The van der Waals surface area contributed by atoms with Gasteiger partial charge in [0, 0.05) is 5.56 Å². The average Bonchev–Trinajstić information content (AvgIpc) is 2.80. The summed E-state index contributed by atoms with van der Waals surface area (Å²) in [6.45, 7) is 6.47. The number of para-hydroxylation sites is 1. The maximum absolute atomic E-state index is 12.7. The van der Waals surface area contributed by atoms with Crippen LogP contribution in [-0.4, -0.2) is 25.3 Å². The number of rotatable bonds is 10. The van der Waals surface area contributed by atoms with Gasteiger partial charge in [0.25, 0.3) is 0 Å². The number of esters is 1. The summed E-state index contributed by atoms with van der Waals surface area (Å²) in [6, 6.07) is 23.1. The molecule has 3 aromatic carbocycles. The van der Waals surface area contributed by atoms with Gasteiger partial charge in [-0.15, -0.1) is 0 Å². The number of carbonyl (C=O) groups is 1. The van der Waals surface area contributed by atoms with E-state index >= 15 is 0 Å². The van der Waals surface area contributed by atoms with E-state index in [0.29, 0.717) is 36.7 Å². The smallest absolute Gasteiger partial charge is 0.338 e. The molecule has 0 amide bonds. The molecule has 0 aliphatic rings. The second kappa shape index (κ2) is 11.4.